The first-order chi connectivity index (χ1) is 17.5. The van der Waals surface area contributed by atoms with Crippen LogP contribution in [0, 0.1) is 0 Å². The van der Waals surface area contributed by atoms with Crippen molar-refractivity contribution in [2.75, 3.05) is 0 Å². The number of aryl methyl sites for hydroxylation is 1. The summed E-state index contributed by atoms with van der Waals surface area (Å²) in [4.78, 5) is 36.5. The molecule has 0 bridgehead atoms. The summed E-state index contributed by atoms with van der Waals surface area (Å²) in [7, 11) is 0. The monoisotopic (exact) mass is 499 g/mol. The minimum atomic E-state index is -0.587. The Labute approximate surface area is 208 Å². The number of rotatable bonds is 5. The Bertz CT molecular complexity index is 1660. The van der Waals surface area contributed by atoms with Gasteiger partial charge in [-0.25, -0.2) is 4.98 Å². The van der Waals surface area contributed by atoms with E-state index in [0.717, 1.165) is 40.2 Å². The zero-order valence-electron chi connectivity index (χ0n) is 18.7. The average Bonchev–Trinajstić information content (AvgIpc) is 3.64. The van der Waals surface area contributed by atoms with Crippen LogP contribution in [0.4, 0.5) is 0 Å². The van der Waals surface area contributed by atoms with Crippen LogP contribution in [-0.4, -0.2) is 45.6 Å². The van der Waals surface area contributed by atoms with Crippen LogP contribution >= 0.6 is 11.6 Å². The number of primary amides is 1. The molecule has 178 valence electrons. The molecule has 4 aromatic heterocycles. The van der Waals surface area contributed by atoms with Crippen molar-refractivity contribution < 1.29 is 4.79 Å². The highest BCUT2D eigenvalue weighted by Crippen LogP contribution is 2.34. The first-order valence-corrected chi connectivity index (χ1v) is 11.5. The average molecular weight is 500 g/mol. The molecule has 0 fully saturated rings. The SMILES string of the molecule is NC(=O)c1ccc(-c2cnc(C3CCc4cc(-c5cc(Cl)ccc5-n5cnnn5)cc(=O)n43)[nH]2)cn1. The number of hydrogen-bond acceptors (Lipinski definition) is 7. The van der Waals surface area contributed by atoms with Gasteiger partial charge in [0, 0.05) is 34.1 Å². The lowest BCUT2D eigenvalue weighted by Gasteiger charge is -2.15. The molecule has 1 aliphatic rings. The van der Waals surface area contributed by atoms with Crippen LogP contribution in [0.25, 0.3) is 28.1 Å². The Balaban J connectivity index is 1.35. The second-order valence-electron chi connectivity index (χ2n) is 8.39. The first-order valence-electron chi connectivity index (χ1n) is 11.1. The van der Waals surface area contributed by atoms with Crippen molar-refractivity contribution in [1.29, 1.82) is 0 Å². The number of pyridine rings is 2. The van der Waals surface area contributed by atoms with Gasteiger partial charge in [-0.05, 0) is 65.2 Å². The number of carbonyl (C=O) groups excluding carboxylic acids is 1. The Hall–Kier alpha value is -4.64. The van der Waals surface area contributed by atoms with Gasteiger partial charge in [0.25, 0.3) is 11.5 Å². The molecule has 0 spiro atoms. The van der Waals surface area contributed by atoms with E-state index in [1.165, 1.54) is 11.0 Å². The summed E-state index contributed by atoms with van der Waals surface area (Å²) >= 11 is 6.28. The number of halogens is 1. The molecule has 11 nitrogen and oxygen atoms in total. The predicted molar refractivity (Wildman–Crippen MR) is 131 cm³/mol. The Morgan fingerprint density at radius 3 is 2.72 bits per heavy atom. The van der Waals surface area contributed by atoms with Gasteiger partial charge >= 0.3 is 0 Å². The minimum absolute atomic E-state index is 0.141. The molecule has 6 rings (SSSR count). The number of nitrogens with one attached hydrogen (secondary N) is 1. The van der Waals surface area contributed by atoms with Gasteiger partial charge in [0.1, 0.15) is 17.8 Å². The molecule has 12 heteroatoms. The number of H-pyrrole nitrogens is 1. The fourth-order valence-electron chi connectivity index (χ4n) is 4.57. The lowest BCUT2D eigenvalue weighted by Crippen LogP contribution is -2.23. The standard InChI is InChI=1S/C24H18ClN9O2/c25-15-2-5-20(33-12-29-31-32-33)17(9-15)14-7-16-3-6-21(34(16)22(35)8-14)24-28-11-19(30-24)13-1-4-18(23(26)36)27-10-13/h1-2,4-5,7-12,21H,3,6H2,(H2,26,36)(H,28,30). The van der Waals surface area contributed by atoms with E-state index in [1.807, 2.05) is 12.1 Å². The molecule has 1 amide bonds. The molecule has 1 aliphatic heterocycles. The summed E-state index contributed by atoms with van der Waals surface area (Å²) in [6.45, 7) is 0. The fourth-order valence-corrected chi connectivity index (χ4v) is 4.74. The fraction of sp³-hybridized carbons (Fsp3) is 0.125. The Kier molecular flexibility index (Phi) is 5.19. The van der Waals surface area contributed by atoms with Crippen LogP contribution in [-0.2, 0) is 6.42 Å². The molecule has 1 unspecified atom stereocenters. The van der Waals surface area contributed by atoms with Crippen molar-refractivity contribution >= 4 is 17.5 Å². The van der Waals surface area contributed by atoms with Crippen molar-refractivity contribution in [3.05, 3.63) is 93.8 Å². The molecule has 5 aromatic rings. The maximum absolute atomic E-state index is 13.3. The predicted octanol–water partition coefficient (Wildman–Crippen LogP) is 2.56. The molecule has 0 saturated heterocycles. The third-order valence-corrected chi connectivity index (χ3v) is 6.47. The first kappa shape index (κ1) is 21.9. The summed E-state index contributed by atoms with van der Waals surface area (Å²) in [5.41, 5.74) is 9.92. The molecule has 5 heterocycles. The highest BCUT2D eigenvalue weighted by atomic mass is 35.5. The maximum atomic E-state index is 13.3. The van der Waals surface area contributed by atoms with Gasteiger partial charge in [0.15, 0.2) is 0 Å². The smallest absolute Gasteiger partial charge is 0.267 e. The quantitative estimate of drug-likeness (QED) is 0.377. The van der Waals surface area contributed by atoms with Gasteiger partial charge in [-0.3, -0.25) is 14.6 Å². The number of carbonyl (C=O) groups is 1. The molecule has 0 saturated carbocycles. The van der Waals surface area contributed by atoms with E-state index in [-0.39, 0.29) is 17.3 Å². The Morgan fingerprint density at radius 2 is 1.97 bits per heavy atom. The lowest BCUT2D eigenvalue weighted by molar-refractivity contribution is 0.0995. The summed E-state index contributed by atoms with van der Waals surface area (Å²) in [5.74, 6) is 0.0886. The molecule has 0 aliphatic carbocycles. The van der Waals surface area contributed by atoms with Crippen molar-refractivity contribution in [3.8, 4) is 28.1 Å². The number of fused-ring (bicyclic) bond motifs is 1. The summed E-state index contributed by atoms with van der Waals surface area (Å²) in [5, 5.41) is 11.9. The van der Waals surface area contributed by atoms with E-state index in [2.05, 4.69) is 30.5 Å². The highest BCUT2D eigenvalue weighted by Gasteiger charge is 2.28. The summed E-state index contributed by atoms with van der Waals surface area (Å²) in [6, 6.07) is 12.0. The third-order valence-electron chi connectivity index (χ3n) is 6.24. The third kappa shape index (κ3) is 3.75. The van der Waals surface area contributed by atoms with Gasteiger partial charge in [0.2, 0.25) is 0 Å². The zero-order chi connectivity index (χ0) is 24.8. The molecule has 0 radical (unpaired) electrons. The number of aromatic amines is 1. The molecule has 36 heavy (non-hydrogen) atoms. The normalized spacial score (nSPS) is 14.6. The molecular weight excluding hydrogens is 482 g/mol. The largest absolute Gasteiger partial charge is 0.364 e. The highest BCUT2D eigenvalue weighted by molar-refractivity contribution is 6.31. The second kappa shape index (κ2) is 8.54. The molecule has 1 atom stereocenters. The van der Waals surface area contributed by atoms with Crippen molar-refractivity contribution in [2.45, 2.75) is 18.9 Å². The number of benzene rings is 1. The lowest BCUT2D eigenvalue weighted by atomic mass is 10.0. The second-order valence-corrected chi connectivity index (χ2v) is 8.83. The minimum Gasteiger partial charge on any atom is -0.364 e. The summed E-state index contributed by atoms with van der Waals surface area (Å²) < 4.78 is 3.30. The number of tetrazole rings is 1. The van der Waals surface area contributed by atoms with Gasteiger partial charge in [0.05, 0.1) is 23.6 Å². The number of aromatic nitrogens is 8. The van der Waals surface area contributed by atoms with E-state index in [4.69, 9.17) is 17.3 Å². The van der Waals surface area contributed by atoms with E-state index in [9.17, 15) is 9.59 Å². The van der Waals surface area contributed by atoms with Crippen LogP contribution < -0.4 is 11.3 Å². The molecular formula is C24H18ClN9O2. The van der Waals surface area contributed by atoms with Gasteiger partial charge in [-0.15, -0.1) is 5.10 Å². The van der Waals surface area contributed by atoms with Gasteiger partial charge < -0.3 is 15.3 Å². The number of imidazole rings is 1. The number of hydrogen-bond donors (Lipinski definition) is 2. The van der Waals surface area contributed by atoms with Crippen LogP contribution in [0.15, 0.2) is 66.0 Å². The Morgan fingerprint density at radius 1 is 1.08 bits per heavy atom. The van der Waals surface area contributed by atoms with E-state index in [0.29, 0.717) is 17.3 Å². The van der Waals surface area contributed by atoms with E-state index in [1.54, 1.807) is 47.3 Å². The van der Waals surface area contributed by atoms with Crippen LogP contribution in [0.3, 0.4) is 0 Å². The van der Waals surface area contributed by atoms with Crippen LogP contribution in [0.5, 0.6) is 0 Å². The zero-order valence-corrected chi connectivity index (χ0v) is 19.4. The number of amides is 1. The van der Waals surface area contributed by atoms with Gasteiger partial charge in [-0.2, -0.15) is 4.68 Å². The van der Waals surface area contributed by atoms with Crippen molar-refractivity contribution in [3.63, 3.8) is 0 Å². The van der Waals surface area contributed by atoms with Gasteiger partial charge in [-0.1, -0.05) is 11.6 Å². The molecule has 3 N–H and O–H groups in total. The van der Waals surface area contributed by atoms with E-state index >= 15 is 0 Å². The van der Waals surface area contributed by atoms with Crippen LogP contribution in [0.2, 0.25) is 5.02 Å². The number of nitrogens with zero attached hydrogens (tertiary/aromatic N) is 7. The van der Waals surface area contributed by atoms with E-state index < -0.39 is 5.91 Å². The van der Waals surface area contributed by atoms with Crippen molar-refractivity contribution in [2.24, 2.45) is 5.73 Å². The number of nitrogens with two attached hydrogens (primary N) is 1. The topological polar surface area (TPSA) is 150 Å². The molecule has 1 aromatic carbocycles. The van der Waals surface area contributed by atoms with Crippen molar-refractivity contribution in [1.82, 2.24) is 39.7 Å². The maximum Gasteiger partial charge on any atom is 0.267 e. The summed E-state index contributed by atoms with van der Waals surface area (Å²) in [6.07, 6.45) is 6.18. The van der Waals surface area contributed by atoms with Crippen LogP contribution in [0.1, 0.15) is 34.5 Å².